The van der Waals surface area contributed by atoms with Gasteiger partial charge in [0.15, 0.2) is 5.90 Å². The summed E-state index contributed by atoms with van der Waals surface area (Å²) < 4.78 is 43.5. The van der Waals surface area contributed by atoms with Crippen LogP contribution in [0.1, 0.15) is 26.3 Å². The topological polar surface area (TPSA) is 76.2 Å². The molecule has 0 aliphatic heterocycles. The number of rotatable bonds is 4. The van der Waals surface area contributed by atoms with Crippen LogP contribution in [0.25, 0.3) is 0 Å². The smallest absolute Gasteiger partial charge is 0.423 e. The molecule has 8 heteroatoms. The molecule has 1 aromatic carbocycles. The van der Waals surface area contributed by atoms with Gasteiger partial charge in [0.1, 0.15) is 11.3 Å². The Morgan fingerprint density at radius 2 is 1.90 bits per heavy atom. The van der Waals surface area contributed by atoms with Crippen molar-refractivity contribution in [2.75, 3.05) is 0 Å². The van der Waals surface area contributed by atoms with Crippen LogP contribution in [0, 0.1) is 27.4 Å². The summed E-state index contributed by atoms with van der Waals surface area (Å²) in [5.74, 6) is -0.635. The highest BCUT2D eigenvalue weighted by atomic mass is 19.4. The molecule has 1 atom stereocenters. The maximum atomic E-state index is 12.8. The van der Waals surface area contributed by atoms with Gasteiger partial charge in [0.05, 0.1) is 4.92 Å². The number of nitrogens with one attached hydrogen (secondary N) is 1. The Morgan fingerprint density at radius 1 is 1.33 bits per heavy atom. The molecule has 0 saturated carbocycles. The van der Waals surface area contributed by atoms with Crippen LogP contribution in [0.15, 0.2) is 18.2 Å². The fraction of sp³-hybridized carbons (Fsp3) is 0.462. The number of halogens is 3. The normalized spacial score (nSPS) is 13.1. The molecule has 0 aliphatic carbocycles. The lowest BCUT2D eigenvalue weighted by atomic mass is 9.98. The second-order valence-corrected chi connectivity index (χ2v) is 4.93. The fourth-order valence-corrected chi connectivity index (χ4v) is 1.49. The number of nitro groups is 1. The average Bonchev–Trinajstić information content (AvgIpc) is 2.36. The van der Waals surface area contributed by atoms with E-state index in [1.165, 1.54) is 0 Å². The van der Waals surface area contributed by atoms with E-state index >= 15 is 0 Å². The summed E-state index contributed by atoms with van der Waals surface area (Å²) in [6.07, 6.45) is -4.87. The van der Waals surface area contributed by atoms with Crippen LogP contribution in [0.4, 0.5) is 18.9 Å². The van der Waals surface area contributed by atoms with Crippen LogP contribution in [-0.2, 0) is 6.18 Å². The van der Waals surface area contributed by atoms with Crippen molar-refractivity contribution in [2.24, 2.45) is 11.8 Å². The van der Waals surface area contributed by atoms with Gasteiger partial charge >= 0.3 is 6.18 Å². The summed E-state index contributed by atoms with van der Waals surface area (Å²) in [6, 6.07) is 2.32. The van der Waals surface area contributed by atoms with E-state index in [2.05, 4.69) is 0 Å². The van der Waals surface area contributed by atoms with E-state index in [1.807, 2.05) is 13.8 Å². The molecule has 0 spiro atoms. The van der Waals surface area contributed by atoms with Crippen molar-refractivity contribution < 1.29 is 22.8 Å². The number of benzene rings is 1. The van der Waals surface area contributed by atoms with Gasteiger partial charge in [0.25, 0.3) is 5.69 Å². The van der Waals surface area contributed by atoms with E-state index < -0.39 is 22.4 Å². The molecule has 0 heterocycles. The maximum Gasteiger partial charge on any atom is 0.423 e. The van der Waals surface area contributed by atoms with Gasteiger partial charge in [0, 0.05) is 18.1 Å². The number of hydrogen-bond donors (Lipinski definition) is 1. The second kappa shape index (κ2) is 6.11. The van der Waals surface area contributed by atoms with Gasteiger partial charge in [-0.2, -0.15) is 13.2 Å². The molecule has 0 saturated heterocycles. The minimum Gasteiger partial charge on any atom is -0.443 e. The highest BCUT2D eigenvalue weighted by Gasteiger charge is 2.38. The van der Waals surface area contributed by atoms with Gasteiger partial charge in [-0.3, -0.25) is 15.5 Å². The van der Waals surface area contributed by atoms with Crippen LogP contribution < -0.4 is 4.74 Å². The molecule has 0 aliphatic rings. The van der Waals surface area contributed by atoms with Crippen molar-refractivity contribution >= 4 is 11.6 Å². The number of hydrogen-bond acceptors (Lipinski definition) is 4. The number of alkyl halides is 3. The van der Waals surface area contributed by atoms with E-state index in [-0.39, 0.29) is 23.5 Å². The van der Waals surface area contributed by atoms with Gasteiger partial charge < -0.3 is 4.74 Å². The van der Waals surface area contributed by atoms with E-state index in [1.54, 1.807) is 6.92 Å². The highest BCUT2D eigenvalue weighted by molar-refractivity contribution is 5.78. The predicted octanol–water partition coefficient (Wildman–Crippen LogP) is 4.26. The lowest BCUT2D eigenvalue weighted by Crippen LogP contribution is -2.21. The molecule has 0 fully saturated rings. The van der Waals surface area contributed by atoms with Gasteiger partial charge in [-0.25, -0.2) is 0 Å². The monoisotopic (exact) mass is 304 g/mol. The van der Waals surface area contributed by atoms with Crippen LogP contribution in [0.3, 0.4) is 0 Å². The first-order valence-corrected chi connectivity index (χ1v) is 6.16. The summed E-state index contributed by atoms with van der Waals surface area (Å²) in [7, 11) is 0. The Labute approximate surface area is 119 Å². The minimum absolute atomic E-state index is 0.0811. The maximum absolute atomic E-state index is 12.8. The molecule has 116 valence electrons. The molecule has 1 N–H and O–H groups in total. The third-order valence-electron chi connectivity index (χ3n) is 3.11. The van der Waals surface area contributed by atoms with Crippen molar-refractivity contribution in [1.29, 1.82) is 5.41 Å². The van der Waals surface area contributed by atoms with Crippen molar-refractivity contribution in [2.45, 2.75) is 26.9 Å². The summed E-state index contributed by atoms with van der Waals surface area (Å²) in [6.45, 7) is 5.40. The lowest BCUT2D eigenvalue weighted by molar-refractivity contribution is -0.388. The lowest BCUT2D eigenvalue weighted by Gasteiger charge is -2.17. The molecule has 21 heavy (non-hydrogen) atoms. The minimum atomic E-state index is -4.87. The summed E-state index contributed by atoms with van der Waals surface area (Å²) >= 11 is 0. The molecule has 0 amide bonds. The van der Waals surface area contributed by atoms with Crippen molar-refractivity contribution in [3.05, 3.63) is 33.9 Å². The van der Waals surface area contributed by atoms with Gasteiger partial charge in [-0.05, 0) is 12.0 Å². The molecular formula is C13H15F3N2O3. The zero-order valence-corrected chi connectivity index (χ0v) is 11.7. The van der Waals surface area contributed by atoms with Gasteiger partial charge in [-0.15, -0.1) is 0 Å². The van der Waals surface area contributed by atoms with Crippen LogP contribution in [0.2, 0.25) is 0 Å². The molecule has 1 aromatic rings. The van der Waals surface area contributed by atoms with Gasteiger partial charge in [-0.1, -0.05) is 20.8 Å². The SMILES string of the molecule is CC(C)C(C)C(=N)Oc1ccc([N+](=O)[O-])c(C(F)(F)F)c1. The first kappa shape index (κ1) is 16.9. The van der Waals surface area contributed by atoms with Crippen molar-refractivity contribution in [3.8, 4) is 5.75 Å². The largest absolute Gasteiger partial charge is 0.443 e. The third kappa shape index (κ3) is 4.17. The molecule has 0 bridgehead atoms. The molecule has 0 aromatic heterocycles. The number of nitrogens with zero attached hydrogens (tertiary/aromatic N) is 1. The third-order valence-corrected chi connectivity index (χ3v) is 3.11. The van der Waals surface area contributed by atoms with E-state index in [0.717, 1.165) is 12.1 Å². The highest BCUT2D eigenvalue weighted by Crippen LogP contribution is 2.38. The standard InChI is InChI=1S/C13H15F3N2O3/c1-7(2)8(3)12(17)21-9-4-5-11(18(19)20)10(6-9)13(14,15)16/h4-8,17H,1-3H3. The zero-order valence-electron chi connectivity index (χ0n) is 11.7. The molecule has 1 rings (SSSR count). The average molecular weight is 304 g/mol. The Morgan fingerprint density at radius 3 is 2.33 bits per heavy atom. The van der Waals surface area contributed by atoms with Crippen LogP contribution in [0.5, 0.6) is 5.75 Å². The fourth-order valence-electron chi connectivity index (χ4n) is 1.49. The zero-order chi connectivity index (χ0) is 16.4. The van der Waals surface area contributed by atoms with E-state index in [0.29, 0.717) is 6.07 Å². The predicted molar refractivity (Wildman–Crippen MR) is 70.5 cm³/mol. The van der Waals surface area contributed by atoms with E-state index in [9.17, 15) is 23.3 Å². The first-order valence-electron chi connectivity index (χ1n) is 6.16. The number of nitro benzene ring substituents is 1. The Kier molecular flexibility index (Phi) is 4.93. The Balaban J connectivity index is 3.12. The molecule has 1 unspecified atom stereocenters. The van der Waals surface area contributed by atoms with Crippen molar-refractivity contribution in [3.63, 3.8) is 0 Å². The first-order chi connectivity index (χ1) is 9.54. The van der Waals surface area contributed by atoms with Crippen LogP contribution >= 0.6 is 0 Å². The Bertz CT molecular complexity index is 556. The molecule has 5 nitrogen and oxygen atoms in total. The van der Waals surface area contributed by atoms with Crippen LogP contribution in [-0.4, -0.2) is 10.8 Å². The number of ether oxygens (including phenoxy) is 1. The molecular weight excluding hydrogens is 289 g/mol. The Hall–Kier alpha value is -2.12. The molecule has 0 radical (unpaired) electrons. The summed E-state index contributed by atoms with van der Waals surface area (Å²) in [5, 5.41) is 18.3. The quantitative estimate of drug-likeness (QED) is 0.391. The van der Waals surface area contributed by atoms with E-state index in [4.69, 9.17) is 10.1 Å². The van der Waals surface area contributed by atoms with Crippen molar-refractivity contribution in [1.82, 2.24) is 0 Å². The van der Waals surface area contributed by atoms with Gasteiger partial charge in [0.2, 0.25) is 0 Å². The summed E-state index contributed by atoms with van der Waals surface area (Å²) in [5.41, 5.74) is -2.44. The summed E-state index contributed by atoms with van der Waals surface area (Å²) in [4.78, 5) is 9.52. The second-order valence-electron chi connectivity index (χ2n) is 4.93.